The van der Waals surface area contributed by atoms with E-state index in [-0.39, 0.29) is 5.41 Å². The number of hydrogen-bond donors (Lipinski definition) is 0. The molecule has 0 aliphatic heterocycles. The van der Waals surface area contributed by atoms with Crippen LogP contribution in [-0.4, -0.2) is 4.57 Å². The van der Waals surface area contributed by atoms with E-state index in [9.17, 15) is 0 Å². The van der Waals surface area contributed by atoms with Crippen LogP contribution in [0.15, 0.2) is 203 Å². The van der Waals surface area contributed by atoms with Crippen molar-refractivity contribution in [1.82, 2.24) is 4.57 Å². The molecule has 0 saturated carbocycles. The number of anilines is 3. The van der Waals surface area contributed by atoms with Gasteiger partial charge in [0, 0.05) is 38.3 Å². The standard InChI is InChI=1S/C57H38N2O2/c1-57(2)45-19-9-6-16-39(45)40-29-28-38(34-46(40)57)59(49-21-12-24-53-55(49)42-18-8-11-23-51(42)60-53)50-22-13-25-54-56(50)44-33-36(27-31-52(44)61-54)35-26-30-48-43(32-35)41-17-7-10-20-47(41)58(48)37-14-4-3-5-15-37/h3-34H,1-2H3. The van der Waals surface area contributed by atoms with Crippen molar-refractivity contribution in [2.75, 3.05) is 4.90 Å². The first-order chi connectivity index (χ1) is 30.0. The minimum atomic E-state index is -0.167. The molecule has 0 spiro atoms. The summed E-state index contributed by atoms with van der Waals surface area (Å²) in [4.78, 5) is 2.43. The highest BCUT2D eigenvalue weighted by molar-refractivity contribution is 6.18. The van der Waals surface area contributed by atoms with Gasteiger partial charge in [0.2, 0.25) is 0 Å². The van der Waals surface area contributed by atoms with E-state index >= 15 is 0 Å². The predicted octanol–water partition coefficient (Wildman–Crippen LogP) is 16.0. The smallest absolute Gasteiger partial charge is 0.137 e. The maximum atomic E-state index is 6.73. The lowest BCUT2D eigenvalue weighted by Crippen LogP contribution is -2.16. The minimum absolute atomic E-state index is 0.167. The second-order valence-corrected chi connectivity index (χ2v) is 16.9. The molecule has 0 radical (unpaired) electrons. The average molecular weight is 783 g/mol. The van der Waals surface area contributed by atoms with E-state index < -0.39 is 0 Å². The third kappa shape index (κ3) is 4.87. The van der Waals surface area contributed by atoms with Gasteiger partial charge in [-0.25, -0.2) is 0 Å². The van der Waals surface area contributed by atoms with Crippen LogP contribution < -0.4 is 4.90 Å². The number of para-hydroxylation sites is 3. The lowest BCUT2D eigenvalue weighted by Gasteiger charge is -2.29. The number of benzene rings is 9. The SMILES string of the molecule is CC1(C)c2ccccc2-c2ccc(N(c3cccc4oc5ccccc5c34)c3cccc4oc5ccc(-c6ccc7c(c6)c6ccccc6n7-c6ccccc6)cc5c34)cc21. The van der Waals surface area contributed by atoms with E-state index in [0.29, 0.717) is 0 Å². The summed E-state index contributed by atoms with van der Waals surface area (Å²) in [6.45, 7) is 4.69. The Morgan fingerprint density at radius 2 is 1.00 bits per heavy atom. The van der Waals surface area contributed by atoms with Gasteiger partial charge in [-0.05, 0) is 118 Å². The summed E-state index contributed by atoms with van der Waals surface area (Å²) < 4.78 is 15.6. The molecular formula is C57H38N2O2. The van der Waals surface area contributed by atoms with Crippen molar-refractivity contribution in [1.29, 1.82) is 0 Å². The molecule has 0 fully saturated rings. The van der Waals surface area contributed by atoms with Gasteiger partial charge in [0.15, 0.2) is 0 Å². The van der Waals surface area contributed by atoms with Crippen molar-refractivity contribution in [3.05, 3.63) is 205 Å². The van der Waals surface area contributed by atoms with Gasteiger partial charge >= 0.3 is 0 Å². The van der Waals surface area contributed by atoms with E-state index in [1.807, 2.05) is 6.07 Å². The molecular weight excluding hydrogens is 745 g/mol. The van der Waals surface area contributed by atoms with E-state index in [1.54, 1.807) is 0 Å². The molecule has 13 rings (SSSR count). The number of hydrogen-bond acceptors (Lipinski definition) is 3. The Bertz CT molecular complexity index is 3750. The summed E-state index contributed by atoms with van der Waals surface area (Å²) in [5.41, 5.74) is 17.5. The lowest BCUT2D eigenvalue weighted by atomic mass is 9.82. The molecule has 12 aromatic rings. The number of rotatable bonds is 5. The Morgan fingerprint density at radius 3 is 1.80 bits per heavy atom. The Balaban J connectivity index is 1.05. The average Bonchev–Trinajstić information content (AvgIpc) is 4.03. The maximum absolute atomic E-state index is 6.73. The summed E-state index contributed by atoms with van der Waals surface area (Å²) in [5.74, 6) is 0. The van der Waals surface area contributed by atoms with Crippen LogP contribution in [-0.2, 0) is 5.41 Å². The van der Waals surface area contributed by atoms with Gasteiger partial charge in [-0.2, -0.15) is 0 Å². The van der Waals surface area contributed by atoms with Gasteiger partial charge in [-0.15, -0.1) is 0 Å². The van der Waals surface area contributed by atoms with Crippen molar-refractivity contribution in [3.8, 4) is 27.9 Å². The summed E-state index contributed by atoms with van der Waals surface area (Å²) in [7, 11) is 0. The first kappa shape index (κ1) is 34.1. The van der Waals surface area contributed by atoms with E-state index in [1.165, 1.54) is 44.1 Å². The largest absolute Gasteiger partial charge is 0.456 e. The number of nitrogens with zero attached hydrogens (tertiary/aromatic N) is 2. The third-order valence-electron chi connectivity index (χ3n) is 13.2. The van der Waals surface area contributed by atoms with Crippen LogP contribution in [0.25, 0.3) is 93.6 Å². The van der Waals surface area contributed by atoms with Crippen molar-refractivity contribution in [3.63, 3.8) is 0 Å². The Kier molecular flexibility index (Phi) is 7.04. The van der Waals surface area contributed by atoms with Crippen molar-refractivity contribution in [2.45, 2.75) is 19.3 Å². The highest BCUT2D eigenvalue weighted by atomic mass is 16.3. The maximum Gasteiger partial charge on any atom is 0.137 e. The molecule has 0 unspecified atom stereocenters. The Labute approximate surface area is 352 Å². The van der Waals surface area contributed by atoms with Gasteiger partial charge in [-0.3, -0.25) is 0 Å². The zero-order valence-electron chi connectivity index (χ0n) is 33.7. The van der Waals surface area contributed by atoms with Gasteiger partial charge < -0.3 is 18.3 Å². The molecule has 4 heteroatoms. The van der Waals surface area contributed by atoms with Crippen molar-refractivity contribution >= 4 is 82.7 Å². The van der Waals surface area contributed by atoms with Gasteiger partial charge in [0.1, 0.15) is 22.3 Å². The number of furan rings is 2. The fourth-order valence-corrected chi connectivity index (χ4v) is 10.4. The topological polar surface area (TPSA) is 34.5 Å². The number of fused-ring (bicyclic) bond motifs is 12. The summed E-state index contributed by atoms with van der Waals surface area (Å²) >= 11 is 0. The van der Waals surface area contributed by atoms with Gasteiger partial charge in [0.25, 0.3) is 0 Å². The molecule has 9 aromatic carbocycles. The fourth-order valence-electron chi connectivity index (χ4n) is 10.4. The first-order valence-electron chi connectivity index (χ1n) is 21.0. The van der Waals surface area contributed by atoms with Crippen LogP contribution in [0.5, 0.6) is 0 Å². The summed E-state index contributed by atoms with van der Waals surface area (Å²) in [6.07, 6.45) is 0. The quantitative estimate of drug-likeness (QED) is 0.174. The van der Waals surface area contributed by atoms with Crippen LogP contribution in [0.4, 0.5) is 17.1 Å². The zero-order valence-corrected chi connectivity index (χ0v) is 33.7. The lowest BCUT2D eigenvalue weighted by molar-refractivity contribution is 0.660. The normalized spacial score (nSPS) is 13.2. The van der Waals surface area contributed by atoms with Gasteiger partial charge in [-0.1, -0.05) is 123 Å². The summed E-state index contributed by atoms with van der Waals surface area (Å²) in [5, 5.41) is 6.75. The van der Waals surface area contributed by atoms with Crippen molar-refractivity contribution in [2.24, 2.45) is 0 Å². The monoisotopic (exact) mass is 782 g/mol. The molecule has 61 heavy (non-hydrogen) atoms. The van der Waals surface area contributed by atoms with E-state index in [4.69, 9.17) is 8.83 Å². The van der Waals surface area contributed by atoms with E-state index in [0.717, 1.165) is 77.8 Å². The molecule has 288 valence electrons. The molecule has 4 nitrogen and oxygen atoms in total. The highest BCUT2D eigenvalue weighted by Crippen LogP contribution is 2.53. The molecule has 1 aliphatic rings. The Hall–Kier alpha value is -7.82. The molecule has 1 aliphatic carbocycles. The molecule has 0 amide bonds. The van der Waals surface area contributed by atoms with Crippen LogP contribution in [0.2, 0.25) is 0 Å². The summed E-state index contributed by atoms with van der Waals surface area (Å²) in [6, 6.07) is 69.9. The molecule has 0 saturated heterocycles. The van der Waals surface area contributed by atoms with Crippen molar-refractivity contribution < 1.29 is 8.83 Å². The second-order valence-electron chi connectivity index (χ2n) is 16.9. The molecule has 3 heterocycles. The third-order valence-corrected chi connectivity index (χ3v) is 13.2. The van der Waals surface area contributed by atoms with Crippen LogP contribution >= 0.6 is 0 Å². The van der Waals surface area contributed by atoms with E-state index in [2.05, 4.69) is 211 Å². The molecule has 3 aromatic heterocycles. The highest BCUT2D eigenvalue weighted by Gasteiger charge is 2.36. The fraction of sp³-hybridized carbons (Fsp3) is 0.0526. The second kappa shape index (κ2) is 12.6. The Morgan fingerprint density at radius 1 is 0.410 bits per heavy atom. The predicted molar refractivity (Wildman–Crippen MR) is 253 cm³/mol. The molecule has 0 N–H and O–H groups in total. The molecule has 0 atom stereocenters. The van der Waals surface area contributed by atoms with Crippen LogP contribution in [0.1, 0.15) is 25.0 Å². The van der Waals surface area contributed by atoms with Gasteiger partial charge in [0.05, 0.1) is 33.2 Å². The first-order valence-corrected chi connectivity index (χ1v) is 21.0. The minimum Gasteiger partial charge on any atom is -0.456 e. The zero-order chi connectivity index (χ0) is 40.4. The number of aromatic nitrogens is 1. The van der Waals surface area contributed by atoms with Crippen LogP contribution in [0, 0.1) is 0 Å². The molecule has 0 bridgehead atoms. The van der Waals surface area contributed by atoms with Crippen LogP contribution in [0.3, 0.4) is 0 Å².